The Hall–Kier alpha value is -0.650. The van der Waals surface area contributed by atoms with Gasteiger partial charge >= 0.3 is 0 Å². The van der Waals surface area contributed by atoms with Crippen LogP contribution in [0.3, 0.4) is 0 Å². The van der Waals surface area contributed by atoms with Gasteiger partial charge < -0.3 is 10.1 Å². The van der Waals surface area contributed by atoms with Gasteiger partial charge in [-0.3, -0.25) is 9.63 Å². The van der Waals surface area contributed by atoms with Crippen LogP contribution < -0.4 is 11.2 Å². The van der Waals surface area contributed by atoms with Gasteiger partial charge in [0.15, 0.2) is 0 Å². The van der Waals surface area contributed by atoms with E-state index in [2.05, 4.69) is 17.1 Å². The predicted octanol–water partition coefficient (Wildman–Crippen LogP) is 0.587. The van der Waals surface area contributed by atoms with Crippen LogP contribution in [0.2, 0.25) is 0 Å². The molecule has 0 fully saturated rings. The monoisotopic (exact) mass is 218 g/mol. The molecule has 0 aromatic heterocycles. The van der Waals surface area contributed by atoms with Crippen LogP contribution in [-0.2, 0) is 14.4 Å². The van der Waals surface area contributed by atoms with Crippen molar-refractivity contribution in [3.8, 4) is 0 Å². The van der Waals surface area contributed by atoms with Crippen molar-refractivity contribution >= 4 is 5.91 Å². The van der Waals surface area contributed by atoms with E-state index in [1.165, 1.54) is 0 Å². The molecule has 0 saturated heterocycles. The average Bonchev–Trinajstić information content (AvgIpc) is 2.15. The lowest BCUT2D eigenvalue weighted by Gasteiger charge is -2.25. The number of hydrogen-bond acceptors (Lipinski definition) is 4. The lowest BCUT2D eigenvalue weighted by atomic mass is 10.1. The van der Waals surface area contributed by atoms with E-state index in [0.29, 0.717) is 6.61 Å². The van der Waals surface area contributed by atoms with E-state index in [1.54, 1.807) is 0 Å². The lowest BCUT2D eigenvalue weighted by molar-refractivity contribution is -0.127. The van der Waals surface area contributed by atoms with Crippen molar-refractivity contribution in [3.63, 3.8) is 0 Å². The molecule has 0 saturated carbocycles. The van der Waals surface area contributed by atoms with E-state index in [-0.39, 0.29) is 24.2 Å². The molecule has 1 atom stereocenters. The fraction of sp³-hybridized carbons (Fsp3) is 0.900. The number of ether oxygens (including phenoxy) is 1. The third kappa shape index (κ3) is 7.30. The van der Waals surface area contributed by atoms with Crippen molar-refractivity contribution in [2.24, 2.45) is 5.90 Å². The van der Waals surface area contributed by atoms with Gasteiger partial charge in [-0.25, -0.2) is 5.90 Å². The fourth-order valence-corrected chi connectivity index (χ4v) is 0.886. The standard InChI is InChI=1S/C10H22N2O3/c1-5-10(3,4)14-6-8(2)12-9(13)7-15-11/h8H,5-7,11H2,1-4H3,(H,12,13). The van der Waals surface area contributed by atoms with Crippen molar-refractivity contribution in [2.75, 3.05) is 13.2 Å². The highest BCUT2D eigenvalue weighted by atomic mass is 16.6. The molecule has 0 aliphatic carbocycles. The van der Waals surface area contributed by atoms with Gasteiger partial charge in [0.25, 0.3) is 0 Å². The molecule has 90 valence electrons. The van der Waals surface area contributed by atoms with E-state index in [4.69, 9.17) is 10.6 Å². The molecule has 15 heavy (non-hydrogen) atoms. The number of carbonyl (C=O) groups excluding carboxylic acids is 1. The Morgan fingerprint density at radius 1 is 1.53 bits per heavy atom. The maximum Gasteiger partial charge on any atom is 0.248 e. The minimum Gasteiger partial charge on any atom is -0.373 e. The first-order chi connectivity index (χ1) is 6.91. The summed E-state index contributed by atoms with van der Waals surface area (Å²) in [5.74, 6) is 4.54. The Morgan fingerprint density at radius 3 is 2.60 bits per heavy atom. The second-order valence-electron chi connectivity index (χ2n) is 4.20. The zero-order valence-corrected chi connectivity index (χ0v) is 10.0. The Morgan fingerprint density at radius 2 is 2.13 bits per heavy atom. The molecule has 0 aromatic carbocycles. The normalized spacial score (nSPS) is 13.7. The van der Waals surface area contributed by atoms with Crippen LogP contribution in [0.5, 0.6) is 0 Å². The molecule has 0 rings (SSSR count). The Balaban J connectivity index is 3.75. The summed E-state index contributed by atoms with van der Waals surface area (Å²) in [6.45, 7) is 8.33. The van der Waals surface area contributed by atoms with Crippen LogP contribution in [0.4, 0.5) is 0 Å². The van der Waals surface area contributed by atoms with Crippen LogP contribution in [0.1, 0.15) is 34.1 Å². The van der Waals surface area contributed by atoms with Crippen LogP contribution in [0.15, 0.2) is 0 Å². The Bertz CT molecular complexity index is 195. The molecule has 0 bridgehead atoms. The largest absolute Gasteiger partial charge is 0.373 e. The lowest BCUT2D eigenvalue weighted by Crippen LogP contribution is -2.40. The smallest absolute Gasteiger partial charge is 0.248 e. The van der Waals surface area contributed by atoms with Gasteiger partial charge in [-0.2, -0.15) is 0 Å². The first-order valence-electron chi connectivity index (χ1n) is 5.16. The van der Waals surface area contributed by atoms with E-state index < -0.39 is 0 Å². The minimum atomic E-state index is -0.233. The highest BCUT2D eigenvalue weighted by Gasteiger charge is 2.17. The third-order valence-corrected chi connectivity index (χ3v) is 2.20. The van der Waals surface area contributed by atoms with E-state index in [0.717, 1.165) is 6.42 Å². The average molecular weight is 218 g/mol. The summed E-state index contributed by atoms with van der Waals surface area (Å²) in [7, 11) is 0. The fourth-order valence-electron chi connectivity index (χ4n) is 0.886. The summed E-state index contributed by atoms with van der Waals surface area (Å²) in [6.07, 6.45) is 0.930. The maximum absolute atomic E-state index is 11.1. The SMILES string of the molecule is CCC(C)(C)OCC(C)NC(=O)CON. The van der Waals surface area contributed by atoms with Crippen LogP contribution in [-0.4, -0.2) is 30.8 Å². The summed E-state index contributed by atoms with van der Waals surface area (Å²) in [4.78, 5) is 15.3. The number of amides is 1. The van der Waals surface area contributed by atoms with Crippen molar-refractivity contribution in [1.82, 2.24) is 5.32 Å². The number of carbonyl (C=O) groups is 1. The van der Waals surface area contributed by atoms with Gasteiger partial charge in [0.05, 0.1) is 12.2 Å². The molecule has 0 heterocycles. The zero-order valence-electron chi connectivity index (χ0n) is 10.0. The molecule has 0 radical (unpaired) electrons. The molecule has 0 aliphatic heterocycles. The summed E-state index contributed by atoms with van der Waals surface area (Å²) < 4.78 is 5.63. The predicted molar refractivity (Wildman–Crippen MR) is 58.1 cm³/mol. The minimum absolute atomic E-state index is 0.0431. The van der Waals surface area contributed by atoms with Gasteiger partial charge in [0, 0.05) is 6.04 Å². The van der Waals surface area contributed by atoms with Gasteiger partial charge in [-0.1, -0.05) is 6.92 Å². The second-order valence-corrected chi connectivity index (χ2v) is 4.20. The molecule has 5 nitrogen and oxygen atoms in total. The zero-order chi connectivity index (χ0) is 11.9. The van der Waals surface area contributed by atoms with Crippen molar-refractivity contribution in [2.45, 2.75) is 45.8 Å². The maximum atomic E-state index is 11.1. The molecular formula is C10H22N2O3. The van der Waals surface area contributed by atoms with Crippen LogP contribution >= 0.6 is 0 Å². The Kier molecular flexibility index (Phi) is 6.47. The molecule has 0 aliphatic rings. The van der Waals surface area contributed by atoms with Crippen LogP contribution in [0.25, 0.3) is 0 Å². The highest BCUT2D eigenvalue weighted by Crippen LogP contribution is 2.13. The van der Waals surface area contributed by atoms with Gasteiger partial charge in [-0.15, -0.1) is 0 Å². The molecule has 5 heteroatoms. The number of rotatable bonds is 7. The first-order valence-corrected chi connectivity index (χ1v) is 5.16. The van der Waals surface area contributed by atoms with Crippen molar-refractivity contribution < 1.29 is 14.4 Å². The molecular weight excluding hydrogens is 196 g/mol. The van der Waals surface area contributed by atoms with E-state index in [1.807, 2.05) is 20.8 Å². The molecule has 1 unspecified atom stereocenters. The van der Waals surface area contributed by atoms with Gasteiger partial charge in [-0.05, 0) is 27.2 Å². The highest BCUT2D eigenvalue weighted by molar-refractivity contribution is 5.77. The first kappa shape index (κ1) is 14.3. The number of nitrogens with one attached hydrogen (secondary N) is 1. The molecule has 0 aromatic rings. The van der Waals surface area contributed by atoms with Gasteiger partial charge in [0.2, 0.25) is 5.91 Å². The quantitative estimate of drug-likeness (QED) is 0.613. The molecule has 3 N–H and O–H groups in total. The van der Waals surface area contributed by atoms with Crippen molar-refractivity contribution in [3.05, 3.63) is 0 Å². The Labute approximate surface area is 91.3 Å². The number of nitrogens with two attached hydrogens (primary N) is 1. The summed E-state index contributed by atoms with van der Waals surface area (Å²) in [6, 6.07) is -0.0431. The summed E-state index contributed by atoms with van der Waals surface area (Å²) >= 11 is 0. The van der Waals surface area contributed by atoms with E-state index in [9.17, 15) is 4.79 Å². The molecule has 1 amide bonds. The summed E-state index contributed by atoms with van der Waals surface area (Å²) in [5.41, 5.74) is -0.149. The number of hydrogen-bond donors (Lipinski definition) is 2. The van der Waals surface area contributed by atoms with E-state index >= 15 is 0 Å². The van der Waals surface area contributed by atoms with Crippen molar-refractivity contribution in [1.29, 1.82) is 0 Å². The van der Waals surface area contributed by atoms with Crippen LogP contribution in [0, 0.1) is 0 Å². The second kappa shape index (κ2) is 6.76. The summed E-state index contributed by atoms with van der Waals surface area (Å²) in [5, 5.41) is 2.71. The topological polar surface area (TPSA) is 73.6 Å². The molecule has 0 spiro atoms. The third-order valence-electron chi connectivity index (χ3n) is 2.20. The van der Waals surface area contributed by atoms with Gasteiger partial charge in [0.1, 0.15) is 6.61 Å².